The second kappa shape index (κ2) is 11.5. The van der Waals surface area contributed by atoms with Crippen LogP contribution in [0, 0.1) is 13.8 Å². The quantitative estimate of drug-likeness (QED) is 0.467. The number of rotatable bonds is 8. The van der Waals surface area contributed by atoms with Crippen LogP contribution in [0.15, 0.2) is 60.7 Å². The van der Waals surface area contributed by atoms with Crippen LogP contribution < -0.4 is 16.4 Å². The van der Waals surface area contributed by atoms with Crippen molar-refractivity contribution in [2.24, 2.45) is 5.73 Å². The molecule has 6 heteroatoms. The molecule has 1 heterocycles. The molecule has 1 saturated heterocycles. The number of benzene rings is 3. The Morgan fingerprint density at radius 1 is 1.06 bits per heavy atom. The molecular formula is C29H36N4O2. The third-order valence-corrected chi connectivity index (χ3v) is 6.67. The third-order valence-electron chi connectivity index (χ3n) is 6.67. The minimum atomic E-state index is -0.297. The Bertz CT molecular complexity index is 1170. The van der Waals surface area contributed by atoms with Crippen molar-refractivity contribution in [3.8, 4) is 0 Å². The van der Waals surface area contributed by atoms with E-state index in [1.165, 1.54) is 11.1 Å². The zero-order chi connectivity index (χ0) is 24.8. The van der Waals surface area contributed by atoms with Crippen LogP contribution in [0.4, 0.5) is 0 Å². The molecule has 35 heavy (non-hydrogen) atoms. The average molecular weight is 473 g/mol. The van der Waals surface area contributed by atoms with Crippen LogP contribution in [0.25, 0.3) is 10.8 Å². The van der Waals surface area contributed by atoms with E-state index in [-0.39, 0.29) is 23.9 Å². The highest BCUT2D eigenvalue weighted by Gasteiger charge is 2.30. The van der Waals surface area contributed by atoms with Crippen LogP contribution in [-0.4, -0.2) is 48.4 Å². The first-order valence-corrected chi connectivity index (χ1v) is 12.5. The maximum absolute atomic E-state index is 13.4. The fourth-order valence-corrected chi connectivity index (χ4v) is 4.96. The van der Waals surface area contributed by atoms with Crippen molar-refractivity contribution in [1.82, 2.24) is 15.5 Å². The van der Waals surface area contributed by atoms with Crippen LogP contribution in [-0.2, 0) is 11.3 Å². The molecule has 0 unspecified atom stereocenters. The number of hydrogen-bond donors (Lipinski definition) is 3. The van der Waals surface area contributed by atoms with Gasteiger partial charge in [-0.05, 0) is 68.1 Å². The Labute approximate surface area is 207 Å². The van der Waals surface area contributed by atoms with Gasteiger partial charge in [0.1, 0.15) is 0 Å². The molecule has 4 rings (SSSR count). The van der Waals surface area contributed by atoms with Gasteiger partial charge in [0.15, 0.2) is 0 Å². The van der Waals surface area contributed by atoms with E-state index in [2.05, 4.69) is 42.7 Å². The fourth-order valence-electron chi connectivity index (χ4n) is 4.96. The number of carbonyl (C=O) groups is 2. The summed E-state index contributed by atoms with van der Waals surface area (Å²) in [6.45, 7) is 6.43. The second-order valence-corrected chi connectivity index (χ2v) is 9.66. The Morgan fingerprint density at radius 3 is 2.54 bits per heavy atom. The molecule has 2 atom stereocenters. The van der Waals surface area contributed by atoms with Crippen LogP contribution in [0.2, 0.25) is 0 Å². The molecule has 4 N–H and O–H groups in total. The van der Waals surface area contributed by atoms with Crippen LogP contribution >= 0.6 is 0 Å². The molecule has 0 aliphatic carbocycles. The van der Waals surface area contributed by atoms with Gasteiger partial charge in [0.25, 0.3) is 5.91 Å². The SMILES string of the molecule is Cc1cc(C)cc(CN2CC[C@@H](CNC(=O)c3ccc4ccccc4c3)N[C@@H](CCCN)C2=O)c1. The molecule has 184 valence electrons. The molecule has 0 aromatic heterocycles. The highest BCUT2D eigenvalue weighted by Crippen LogP contribution is 2.18. The van der Waals surface area contributed by atoms with E-state index in [1.807, 2.05) is 47.4 Å². The first-order valence-electron chi connectivity index (χ1n) is 12.5. The smallest absolute Gasteiger partial charge is 0.251 e. The second-order valence-electron chi connectivity index (χ2n) is 9.66. The monoisotopic (exact) mass is 472 g/mol. The van der Waals surface area contributed by atoms with Gasteiger partial charge in [-0.3, -0.25) is 9.59 Å². The van der Waals surface area contributed by atoms with E-state index < -0.39 is 0 Å². The molecule has 6 nitrogen and oxygen atoms in total. The number of fused-ring (bicyclic) bond motifs is 1. The number of nitrogens with one attached hydrogen (secondary N) is 2. The van der Waals surface area contributed by atoms with Gasteiger partial charge in [0.05, 0.1) is 6.04 Å². The van der Waals surface area contributed by atoms with Crippen molar-refractivity contribution in [1.29, 1.82) is 0 Å². The van der Waals surface area contributed by atoms with Crippen LogP contribution in [0.5, 0.6) is 0 Å². The largest absolute Gasteiger partial charge is 0.350 e. The normalized spacial score (nSPS) is 18.5. The average Bonchev–Trinajstić information content (AvgIpc) is 2.99. The standard InChI is InChI=1S/C29H36N4O2/c1-20-14-21(2)16-22(15-20)19-33-13-11-26(32-27(29(33)35)8-5-12-30)18-31-28(34)25-10-9-23-6-3-4-7-24(23)17-25/h3-4,6-7,9-10,14-17,26-27,32H,5,8,11-13,18-19,30H2,1-2H3,(H,31,34)/t26-,27-/m0/s1. The highest BCUT2D eigenvalue weighted by molar-refractivity contribution is 5.98. The molecule has 0 saturated carbocycles. The molecule has 0 radical (unpaired) electrons. The number of carbonyl (C=O) groups excluding carboxylic acids is 2. The third kappa shape index (κ3) is 6.47. The molecule has 3 aromatic rings. The van der Waals surface area contributed by atoms with Gasteiger partial charge in [0, 0.05) is 31.2 Å². The lowest BCUT2D eigenvalue weighted by Gasteiger charge is -2.25. The summed E-state index contributed by atoms with van der Waals surface area (Å²) in [5.74, 6) is 0.0136. The maximum Gasteiger partial charge on any atom is 0.251 e. The van der Waals surface area contributed by atoms with Gasteiger partial charge in [-0.15, -0.1) is 0 Å². The van der Waals surface area contributed by atoms with Crippen LogP contribution in [0.3, 0.4) is 0 Å². The first-order chi connectivity index (χ1) is 16.9. The van der Waals surface area contributed by atoms with Crippen LogP contribution in [0.1, 0.15) is 46.3 Å². The summed E-state index contributed by atoms with van der Waals surface area (Å²) in [5, 5.41) is 8.74. The topological polar surface area (TPSA) is 87.5 Å². The molecule has 1 aliphatic rings. The Hall–Kier alpha value is -3.22. The number of amides is 2. The summed E-state index contributed by atoms with van der Waals surface area (Å²) in [6.07, 6.45) is 2.23. The van der Waals surface area contributed by atoms with Gasteiger partial charge in [-0.1, -0.05) is 59.7 Å². The fraction of sp³-hybridized carbons (Fsp3) is 0.379. The van der Waals surface area contributed by atoms with Crippen molar-refractivity contribution < 1.29 is 9.59 Å². The van der Waals surface area contributed by atoms with Crippen molar-refractivity contribution in [3.63, 3.8) is 0 Å². The predicted molar refractivity (Wildman–Crippen MR) is 141 cm³/mol. The zero-order valence-corrected chi connectivity index (χ0v) is 20.7. The molecule has 3 aromatic carbocycles. The summed E-state index contributed by atoms with van der Waals surface area (Å²) >= 11 is 0. The lowest BCUT2D eigenvalue weighted by Crippen LogP contribution is -2.48. The molecular weight excluding hydrogens is 436 g/mol. The number of nitrogens with two attached hydrogens (primary N) is 1. The van der Waals surface area contributed by atoms with Crippen molar-refractivity contribution in [2.75, 3.05) is 19.6 Å². The van der Waals surface area contributed by atoms with E-state index >= 15 is 0 Å². The Balaban J connectivity index is 1.43. The minimum Gasteiger partial charge on any atom is -0.350 e. The van der Waals surface area contributed by atoms with Gasteiger partial charge >= 0.3 is 0 Å². The lowest BCUT2D eigenvalue weighted by atomic mass is 10.1. The van der Waals surface area contributed by atoms with Gasteiger partial charge in [-0.25, -0.2) is 0 Å². The predicted octanol–water partition coefficient (Wildman–Crippen LogP) is 3.68. The van der Waals surface area contributed by atoms with E-state index in [1.54, 1.807) is 0 Å². The highest BCUT2D eigenvalue weighted by atomic mass is 16.2. The summed E-state index contributed by atoms with van der Waals surface area (Å²) < 4.78 is 0. The Kier molecular flexibility index (Phi) is 8.16. The van der Waals surface area contributed by atoms with E-state index in [4.69, 9.17) is 5.73 Å². The lowest BCUT2D eigenvalue weighted by molar-refractivity contribution is -0.133. The van der Waals surface area contributed by atoms with E-state index in [9.17, 15) is 9.59 Å². The van der Waals surface area contributed by atoms with E-state index in [0.29, 0.717) is 38.2 Å². The van der Waals surface area contributed by atoms with Crippen molar-refractivity contribution in [3.05, 3.63) is 82.9 Å². The summed E-state index contributed by atoms with van der Waals surface area (Å²) in [7, 11) is 0. The number of nitrogens with zero attached hydrogens (tertiary/aromatic N) is 1. The van der Waals surface area contributed by atoms with Crippen molar-refractivity contribution >= 4 is 22.6 Å². The number of hydrogen-bond acceptors (Lipinski definition) is 4. The zero-order valence-electron chi connectivity index (χ0n) is 20.7. The molecule has 0 bridgehead atoms. The summed E-state index contributed by atoms with van der Waals surface area (Å²) in [6, 6.07) is 19.9. The minimum absolute atomic E-state index is 0.00961. The first kappa shape index (κ1) is 24.9. The van der Waals surface area contributed by atoms with Gasteiger partial charge in [0.2, 0.25) is 5.91 Å². The Morgan fingerprint density at radius 2 is 1.80 bits per heavy atom. The van der Waals surface area contributed by atoms with Crippen molar-refractivity contribution in [2.45, 2.75) is 51.7 Å². The number of aryl methyl sites for hydroxylation is 2. The molecule has 1 fully saturated rings. The molecule has 1 aliphatic heterocycles. The molecule has 2 amide bonds. The maximum atomic E-state index is 13.4. The molecule has 0 spiro atoms. The van der Waals surface area contributed by atoms with Gasteiger partial charge in [-0.2, -0.15) is 0 Å². The van der Waals surface area contributed by atoms with E-state index in [0.717, 1.165) is 29.2 Å². The summed E-state index contributed by atoms with van der Waals surface area (Å²) in [5.41, 5.74) is 9.95. The summed E-state index contributed by atoms with van der Waals surface area (Å²) in [4.78, 5) is 28.2. The van der Waals surface area contributed by atoms with Gasteiger partial charge < -0.3 is 21.3 Å².